The molecule has 0 aliphatic heterocycles. The Morgan fingerprint density at radius 1 is 1.59 bits per heavy atom. The van der Waals surface area contributed by atoms with Crippen molar-refractivity contribution in [3.63, 3.8) is 0 Å². The van der Waals surface area contributed by atoms with Crippen molar-refractivity contribution in [2.24, 2.45) is 0 Å². The van der Waals surface area contributed by atoms with E-state index < -0.39 is 0 Å². The van der Waals surface area contributed by atoms with Crippen molar-refractivity contribution >= 4 is 46.0 Å². The molecule has 88 valence electrons. The number of benzene rings is 1. The van der Waals surface area contributed by atoms with Gasteiger partial charge in [0.25, 0.3) is 5.56 Å². The first kappa shape index (κ1) is 11.9. The summed E-state index contributed by atoms with van der Waals surface area (Å²) < 4.78 is 0.412. The molecule has 5 nitrogen and oxygen atoms in total. The molecule has 0 aliphatic rings. The molecule has 17 heavy (non-hydrogen) atoms. The Balaban J connectivity index is 2.43. The maximum absolute atomic E-state index is 11.7. The number of hydrogen-bond donors (Lipinski definition) is 4. The molecule has 0 amide bonds. The minimum absolute atomic E-state index is 0.116. The van der Waals surface area contributed by atoms with E-state index in [-0.39, 0.29) is 11.5 Å². The van der Waals surface area contributed by atoms with Crippen LogP contribution >= 0.6 is 24.8 Å². The van der Waals surface area contributed by atoms with Gasteiger partial charge in [-0.3, -0.25) is 9.78 Å². The third-order valence-electron chi connectivity index (χ3n) is 2.23. The van der Waals surface area contributed by atoms with Crippen LogP contribution in [0.4, 0.5) is 5.95 Å². The lowest BCUT2D eigenvalue weighted by atomic mass is 10.1. The monoisotopic (exact) mass is 266 g/mol. The van der Waals surface area contributed by atoms with Gasteiger partial charge in [-0.05, 0) is 17.7 Å². The summed E-state index contributed by atoms with van der Waals surface area (Å²) in [6.07, 6.45) is 0. The SMILES string of the molecule is Nc1nc2ccc(CNC(=S)S)cc2c(=O)[nH]1. The largest absolute Gasteiger partial charge is 0.369 e. The van der Waals surface area contributed by atoms with Gasteiger partial charge in [0.05, 0.1) is 10.9 Å². The lowest BCUT2D eigenvalue weighted by Gasteiger charge is -2.05. The van der Waals surface area contributed by atoms with Gasteiger partial charge in [-0.25, -0.2) is 4.98 Å². The van der Waals surface area contributed by atoms with Gasteiger partial charge in [-0.15, -0.1) is 12.6 Å². The van der Waals surface area contributed by atoms with Crippen LogP contribution in [0.3, 0.4) is 0 Å². The van der Waals surface area contributed by atoms with Crippen LogP contribution < -0.4 is 16.6 Å². The van der Waals surface area contributed by atoms with Crippen molar-refractivity contribution in [3.8, 4) is 0 Å². The highest BCUT2D eigenvalue weighted by molar-refractivity contribution is 8.11. The molecule has 2 rings (SSSR count). The van der Waals surface area contributed by atoms with Crippen LogP contribution in [0.2, 0.25) is 0 Å². The molecule has 0 radical (unpaired) electrons. The third-order valence-corrected chi connectivity index (χ3v) is 2.53. The zero-order chi connectivity index (χ0) is 12.4. The average Bonchev–Trinajstić information content (AvgIpc) is 2.26. The highest BCUT2D eigenvalue weighted by atomic mass is 32.1. The van der Waals surface area contributed by atoms with Gasteiger partial charge in [-0.2, -0.15) is 0 Å². The van der Waals surface area contributed by atoms with E-state index in [4.69, 9.17) is 18.0 Å². The highest BCUT2D eigenvalue weighted by Crippen LogP contribution is 2.10. The lowest BCUT2D eigenvalue weighted by molar-refractivity contribution is 0.941. The van der Waals surface area contributed by atoms with Crippen LogP contribution in [0.1, 0.15) is 5.56 Å². The highest BCUT2D eigenvalue weighted by Gasteiger charge is 2.03. The van der Waals surface area contributed by atoms with Crippen molar-refractivity contribution in [3.05, 3.63) is 34.1 Å². The van der Waals surface area contributed by atoms with Gasteiger partial charge in [0.15, 0.2) is 0 Å². The Morgan fingerprint density at radius 2 is 2.35 bits per heavy atom. The molecule has 0 bridgehead atoms. The van der Waals surface area contributed by atoms with Crippen molar-refractivity contribution in [2.45, 2.75) is 6.54 Å². The second kappa shape index (κ2) is 4.72. The number of aromatic nitrogens is 2. The number of nitrogens with zero attached hydrogens (tertiary/aromatic N) is 1. The van der Waals surface area contributed by atoms with E-state index in [1.165, 1.54) is 0 Å². The molecule has 1 aromatic carbocycles. The molecule has 7 heteroatoms. The second-order valence-corrected chi connectivity index (χ2v) is 4.62. The first-order valence-electron chi connectivity index (χ1n) is 4.81. The van der Waals surface area contributed by atoms with Crippen molar-refractivity contribution in [1.82, 2.24) is 15.3 Å². The molecule has 0 atom stereocenters. The van der Waals surface area contributed by atoms with Gasteiger partial charge in [-0.1, -0.05) is 18.3 Å². The van der Waals surface area contributed by atoms with Crippen LogP contribution in [-0.4, -0.2) is 14.3 Å². The van der Waals surface area contributed by atoms with Crippen LogP contribution in [0.15, 0.2) is 23.0 Å². The van der Waals surface area contributed by atoms with Gasteiger partial charge < -0.3 is 11.1 Å². The quantitative estimate of drug-likeness (QED) is 0.477. The zero-order valence-corrected chi connectivity index (χ0v) is 10.4. The number of H-pyrrole nitrogens is 1. The number of thiol groups is 1. The zero-order valence-electron chi connectivity index (χ0n) is 8.73. The summed E-state index contributed by atoms with van der Waals surface area (Å²) in [5.74, 6) is 0.116. The molecule has 0 unspecified atom stereocenters. The molecule has 0 saturated carbocycles. The summed E-state index contributed by atoms with van der Waals surface area (Å²) in [5, 5.41) is 3.40. The van der Waals surface area contributed by atoms with Crippen LogP contribution in [-0.2, 0) is 6.54 Å². The van der Waals surface area contributed by atoms with E-state index in [0.29, 0.717) is 21.8 Å². The smallest absolute Gasteiger partial charge is 0.260 e. The van der Waals surface area contributed by atoms with Crippen LogP contribution in [0, 0.1) is 0 Å². The number of nitrogens with one attached hydrogen (secondary N) is 2. The number of anilines is 1. The average molecular weight is 266 g/mol. The first-order valence-corrected chi connectivity index (χ1v) is 5.67. The van der Waals surface area contributed by atoms with E-state index in [9.17, 15) is 4.79 Å². The summed E-state index contributed by atoms with van der Waals surface area (Å²) in [5.41, 5.74) is 6.70. The van der Waals surface area contributed by atoms with Gasteiger partial charge in [0.2, 0.25) is 5.95 Å². The minimum Gasteiger partial charge on any atom is -0.369 e. The summed E-state index contributed by atoms with van der Waals surface area (Å²) >= 11 is 8.75. The predicted octanol–water partition coefficient (Wildman–Crippen LogP) is 0.810. The molecule has 1 heterocycles. The van der Waals surface area contributed by atoms with E-state index in [1.54, 1.807) is 12.1 Å². The Bertz CT molecular complexity index is 638. The molecule has 4 N–H and O–H groups in total. The van der Waals surface area contributed by atoms with E-state index >= 15 is 0 Å². The molecular formula is C10H10N4OS2. The van der Waals surface area contributed by atoms with Crippen molar-refractivity contribution < 1.29 is 0 Å². The van der Waals surface area contributed by atoms with Gasteiger partial charge in [0.1, 0.15) is 4.32 Å². The second-order valence-electron chi connectivity index (χ2n) is 3.46. The molecule has 0 spiro atoms. The molecule has 0 aliphatic carbocycles. The number of aromatic amines is 1. The fourth-order valence-corrected chi connectivity index (χ4v) is 1.64. The summed E-state index contributed by atoms with van der Waals surface area (Å²) in [7, 11) is 0. The van der Waals surface area contributed by atoms with E-state index in [2.05, 4.69) is 27.9 Å². The van der Waals surface area contributed by atoms with Gasteiger partial charge in [0, 0.05) is 6.54 Å². The number of thiocarbonyl (C=S) groups is 1. The first-order chi connectivity index (χ1) is 8.06. The molecular weight excluding hydrogens is 256 g/mol. The maximum Gasteiger partial charge on any atom is 0.260 e. The number of nitrogens with two attached hydrogens (primary N) is 1. The predicted molar refractivity (Wildman–Crippen MR) is 75.2 cm³/mol. The Hall–Kier alpha value is -1.60. The minimum atomic E-state index is -0.247. The molecule has 0 fully saturated rings. The van der Waals surface area contributed by atoms with E-state index in [1.807, 2.05) is 6.07 Å². The number of hydrogen-bond acceptors (Lipinski definition) is 4. The lowest BCUT2D eigenvalue weighted by Crippen LogP contribution is -2.16. The number of fused-ring (bicyclic) bond motifs is 1. The normalized spacial score (nSPS) is 10.4. The summed E-state index contributed by atoms with van der Waals surface area (Å²) in [6, 6.07) is 5.35. The van der Waals surface area contributed by atoms with E-state index in [0.717, 1.165) is 5.56 Å². The van der Waals surface area contributed by atoms with Crippen LogP contribution in [0.25, 0.3) is 10.9 Å². The Labute approximate surface area is 108 Å². The molecule has 0 saturated heterocycles. The van der Waals surface area contributed by atoms with Gasteiger partial charge >= 0.3 is 0 Å². The Morgan fingerprint density at radius 3 is 3.06 bits per heavy atom. The van der Waals surface area contributed by atoms with Crippen molar-refractivity contribution in [2.75, 3.05) is 5.73 Å². The molecule has 2 aromatic rings. The fraction of sp³-hybridized carbons (Fsp3) is 0.100. The summed E-state index contributed by atoms with van der Waals surface area (Å²) in [6.45, 7) is 0.516. The number of nitrogen functional groups attached to an aromatic ring is 1. The Kier molecular flexibility index (Phi) is 3.30. The number of rotatable bonds is 2. The topological polar surface area (TPSA) is 83.8 Å². The fourth-order valence-electron chi connectivity index (χ4n) is 1.49. The van der Waals surface area contributed by atoms with Crippen LogP contribution in [0.5, 0.6) is 0 Å². The maximum atomic E-state index is 11.7. The molecule has 1 aromatic heterocycles. The standard InChI is InChI=1S/C10H10N4OS2/c11-9-13-7-2-1-5(4-12-10(16)17)3-6(7)8(15)14-9/h1-3H,4H2,(H2,12,16,17)(H3,11,13,14,15). The third kappa shape index (κ3) is 2.75. The summed E-state index contributed by atoms with van der Waals surface area (Å²) in [4.78, 5) is 18.1. The van der Waals surface area contributed by atoms with Crippen molar-refractivity contribution in [1.29, 1.82) is 0 Å².